The smallest absolute Gasteiger partial charge is 0.388 e. The van der Waals surface area contributed by atoms with Crippen LogP contribution >= 0.6 is 0 Å². The average Bonchev–Trinajstić information content (AvgIpc) is 2.91. The lowest BCUT2D eigenvalue weighted by Gasteiger charge is -2.24. The van der Waals surface area contributed by atoms with Gasteiger partial charge in [-0.25, -0.2) is 9.97 Å². The molecule has 0 saturated heterocycles. The van der Waals surface area contributed by atoms with E-state index < -0.39 is 17.6 Å². The fraction of sp³-hybridized carbons (Fsp3) is 0.276. The van der Waals surface area contributed by atoms with E-state index in [1.165, 1.54) is 6.07 Å². The first-order valence-corrected chi connectivity index (χ1v) is 12.5. The van der Waals surface area contributed by atoms with Gasteiger partial charge in [-0.3, -0.25) is 4.79 Å². The Bertz CT molecular complexity index is 1470. The van der Waals surface area contributed by atoms with Gasteiger partial charge in [-0.15, -0.1) is 0 Å². The van der Waals surface area contributed by atoms with Crippen LogP contribution in [-0.2, 0) is 6.18 Å². The number of nitrogens with one attached hydrogen (secondary N) is 2. The van der Waals surface area contributed by atoms with Gasteiger partial charge in [0.15, 0.2) is 5.82 Å². The van der Waals surface area contributed by atoms with Gasteiger partial charge in [-0.05, 0) is 69.5 Å². The molecule has 0 spiro atoms. The van der Waals surface area contributed by atoms with Crippen molar-refractivity contribution in [3.8, 4) is 11.4 Å². The van der Waals surface area contributed by atoms with Crippen molar-refractivity contribution in [1.29, 1.82) is 0 Å². The molecule has 0 fully saturated rings. The molecule has 1 aromatic heterocycles. The van der Waals surface area contributed by atoms with Crippen molar-refractivity contribution in [1.82, 2.24) is 14.9 Å². The number of aromatic nitrogens is 2. The number of carbonyl (C=O) groups excluding carboxylic acids is 1. The number of nitrogens with zero attached hydrogens (tertiary/aromatic N) is 4. The van der Waals surface area contributed by atoms with E-state index in [9.17, 15) is 18.0 Å². The van der Waals surface area contributed by atoms with E-state index >= 15 is 0 Å². The molecule has 2 N–H and O–H groups in total. The summed E-state index contributed by atoms with van der Waals surface area (Å²) in [5.41, 5.74) is 1.87. The van der Waals surface area contributed by atoms with Gasteiger partial charge in [0, 0.05) is 43.5 Å². The van der Waals surface area contributed by atoms with Gasteiger partial charge >= 0.3 is 6.18 Å². The quantitative estimate of drug-likeness (QED) is 0.274. The summed E-state index contributed by atoms with van der Waals surface area (Å²) in [6, 6.07) is 16.0. The van der Waals surface area contributed by atoms with Gasteiger partial charge < -0.3 is 20.4 Å². The lowest BCUT2D eigenvalue weighted by atomic mass is 10.0. The number of fused-ring (bicyclic) bond motifs is 1. The minimum atomic E-state index is -4.56. The Labute approximate surface area is 225 Å². The fourth-order valence-corrected chi connectivity index (χ4v) is 4.26. The lowest BCUT2D eigenvalue weighted by Crippen LogP contribution is -2.25. The van der Waals surface area contributed by atoms with E-state index in [1.807, 2.05) is 48.2 Å². The minimum Gasteiger partial charge on any atom is -0.388 e. The number of anilines is 3. The summed E-state index contributed by atoms with van der Waals surface area (Å²) in [7, 11) is 7.46. The summed E-state index contributed by atoms with van der Waals surface area (Å²) in [6.45, 7) is 1.42. The number of amides is 1. The lowest BCUT2D eigenvalue weighted by molar-refractivity contribution is -0.137. The second-order valence-corrected chi connectivity index (χ2v) is 9.52. The zero-order chi connectivity index (χ0) is 28.2. The molecule has 0 bridgehead atoms. The largest absolute Gasteiger partial charge is 0.416 e. The standard InChI is InChI=1S/C29H31F3N6O/c1-33-21-11-12-22(23(17-21)27-34-18-19-8-5-6-9-24(19)35-27)28(39)36-25-16-20(29(30,31)32)10-13-26(25)38(4)15-7-14-37(2)3/h5-6,8-13,16-18,33H,7,14-15H2,1-4H3,(H,36,39). The zero-order valence-electron chi connectivity index (χ0n) is 22.3. The van der Waals surface area contributed by atoms with Crippen molar-refractivity contribution in [2.75, 3.05) is 56.8 Å². The Morgan fingerprint density at radius 2 is 1.74 bits per heavy atom. The zero-order valence-corrected chi connectivity index (χ0v) is 22.3. The molecule has 1 heterocycles. The van der Waals surface area contributed by atoms with E-state index in [0.29, 0.717) is 29.1 Å². The summed E-state index contributed by atoms with van der Waals surface area (Å²) in [5, 5.41) is 6.63. The molecule has 1 amide bonds. The Hall–Kier alpha value is -4.18. The number of halogens is 3. The molecule has 4 aromatic rings. The van der Waals surface area contributed by atoms with Crippen LogP contribution in [0.1, 0.15) is 22.3 Å². The van der Waals surface area contributed by atoms with Crippen molar-refractivity contribution in [3.05, 3.63) is 78.0 Å². The van der Waals surface area contributed by atoms with Crippen LogP contribution in [0, 0.1) is 0 Å². The highest BCUT2D eigenvalue weighted by Gasteiger charge is 2.31. The number of benzene rings is 3. The Kier molecular flexibility index (Phi) is 8.35. The second kappa shape index (κ2) is 11.7. The molecular formula is C29H31F3N6O. The first kappa shape index (κ1) is 27.8. The van der Waals surface area contributed by atoms with Gasteiger partial charge in [0.25, 0.3) is 5.91 Å². The summed E-state index contributed by atoms with van der Waals surface area (Å²) < 4.78 is 40.8. The maximum atomic E-state index is 13.6. The molecular weight excluding hydrogens is 505 g/mol. The molecule has 0 aliphatic carbocycles. The average molecular weight is 537 g/mol. The number of carbonyl (C=O) groups is 1. The van der Waals surface area contributed by atoms with Crippen LogP contribution in [0.25, 0.3) is 22.3 Å². The van der Waals surface area contributed by atoms with Crippen LogP contribution in [0.15, 0.2) is 66.9 Å². The normalized spacial score (nSPS) is 11.6. The topological polar surface area (TPSA) is 73.4 Å². The van der Waals surface area contributed by atoms with Crippen molar-refractivity contribution in [2.45, 2.75) is 12.6 Å². The predicted molar refractivity (Wildman–Crippen MR) is 150 cm³/mol. The van der Waals surface area contributed by atoms with Crippen LogP contribution in [0.2, 0.25) is 0 Å². The summed E-state index contributed by atoms with van der Waals surface area (Å²) in [6.07, 6.45) is -2.08. The van der Waals surface area contributed by atoms with Gasteiger partial charge in [-0.1, -0.05) is 18.2 Å². The molecule has 39 heavy (non-hydrogen) atoms. The minimum absolute atomic E-state index is 0.0743. The van der Waals surface area contributed by atoms with Gasteiger partial charge in [0.2, 0.25) is 0 Å². The SMILES string of the molecule is CNc1ccc(C(=O)Nc2cc(C(F)(F)F)ccc2N(C)CCCN(C)C)c(-c2ncc3ccccc3n2)c1. The van der Waals surface area contributed by atoms with E-state index in [-0.39, 0.29) is 11.3 Å². The van der Waals surface area contributed by atoms with Crippen molar-refractivity contribution < 1.29 is 18.0 Å². The van der Waals surface area contributed by atoms with Gasteiger partial charge in [-0.2, -0.15) is 13.2 Å². The van der Waals surface area contributed by atoms with E-state index in [4.69, 9.17) is 0 Å². The summed E-state index contributed by atoms with van der Waals surface area (Å²) >= 11 is 0. The third-order valence-corrected chi connectivity index (χ3v) is 6.36. The summed E-state index contributed by atoms with van der Waals surface area (Å²) in [4.78, 5) is 26.6. The molecule has 0 radical (unpaired) electrons. The van der Waals surface area contributed by atoms with Crippen LogP contribution in [0.5, 0.6) is 0 Å². The molecule has 4 rings (SSSR count). The number of rotatable bonds is 9. The Morgan fingerprint density at radius 1 is 0.974 bits per heavy atom. The number of para-hydroxylation sites is 1. The fourth-order valence-electron chi connectivity index (χ4n) is 4.26. The first-order valence-electron chi connectivity index (χ1n) is 12.5. The number of alkyl halides is 3. The van der Waals surface area contributed by atoms with Crippen molar-refractivity contribution in [2.24, 2.45) is 0 Å². The van der Waals surface area contributed by atoms with Crippen LogP contribution in [0.4, 0.5) is 30.2 Å². The van der Waals surface area contributed by atoms with Crippen LogP contribution < -0.4 is 15.5 Å². The third-order valence-electron chi connectivity index (χ3n) is 6.36. The number of hydrogen-bond donors (Lipinski definition) is 2. The molecule has 3 aromatic carbocycles. The molecule has 0 aliphatic heterocycles. The Morgan fingerprint density at radius 3 is 2.46 bits per heavy atom. The third kappa shape index (κ3) is 6.64. The van der Waals surface area contributed by atoms with Crippen molar-refractivity contribution in [3.63, 3.8) is 0 Å². The highest BCUT2D eigenvalue weighted by Crippen LogP contribution is 2.36. The highest BCUT2D eigenvalue weighted by molar-refractivity contribution is 6.10. The molecule has 0 aliphatic rings. The van der Waals surface area contributed by atoms with Crippen LogP contribution in [0.3, 0.4) is 0 Å². The van der Waals surface area contributed by atoms with E-state index in [1.54, 1.807) is 38.5 Å². The number of hydrogen-bond acceptors (Lipinski definition) is 6. The summed E-state index contributed by atoms with van der Waals surface area (Å²) in [5.74, 6) is -0.229. The molecule has 0 atom stereocenters. The maximum Gasteiger partial charge on any atom is 0.416 e. The highest BCUT2D eigenvalue weighted by atomic mass is 19.4. The van der Waals surface area contributed by atoms with Crippen LogP contribution in [-0.4, -0.2) is 62.1 Å². The van der Waals surface area contributed by atoms with E-state index in [0.717, 1.165) is 36.2 Å². The van der Waals surface area contributed by atoms with Gasteiger partial charge in [0.05, 0.1) is 28.0 Å². The molecule has 10 heteroatoms. The molecule has 0 unspecified atom stereocenters. The van der Waals surface area contributed by atoms with Crippen molar-refractivity contribution >= 4 is 33.9 Å². The van der Waals surface area contributed by atoms with Gasteiger partial charge in [0.1, 0.15) is 0 Å². The second-order valence-electron chi connectivity index (χ2n) is 9.52. The molecule has 204 valence electrons. The first-order chi connectivity index (χ1) is 18.6. The molecule has 7 nitrogen and oxygen atoms in total. The maximum absolute atomic E-state index is 13.6. The Balaban J connectivity index is 1.73. The molecule has 0 saturated carbocycles. The van der Waals surface area contributed by atoms with E-state index in [2.05, 4.69) is 20.6 Å². The predicted octanol–water partition coefficient (Wildman–Crippen LogP) is 6.00. The monoisotopic (exact) mass is 536 g/mol.